The summed E-state index contributed by atoms with van der Waals surface area (Å²) in [5, 5.41) is 9.31. The smallest absolute Gasteiger partial charge is 0.328 e. The number of carboxylic acids is 1. The van der Waals surface area contributed by atoms with Crippen LogP contribution in [0.5, 0.6) is 0 Å². The van der Waals surface area contributed by atoms with E-state index in [4.69, 9.17) is 16.7 Å². The van der Waals surface area contributed by atoms with Gasteiger partial charge < -0.3 is 10.0 Å². The van der Waals surface area contributed by atoms with E-state index in [1.54, 1.807) is 6.08 Å². The minimum atomic E-state index is -0.961. The Labute approximate surface area is 130 Å². The molecule has 0 spiro atoms. The van der Waals surface area contributed by atoms with Gasteiger partial charge in [0, 0.05) is 31.2 Å². The molecule has 1 aliphatic heterocycles. The van der Waals surface area contributed by atoms with Crippen molar-refractivity contribution in [2.24, 2.45) is 0 Å². The lowest BCUT2D eigenvalue weighted by Crippen LogP contribution is -2.55. The minimum Gasteiger partial charge on any atom is -0.478 e. The van der Waals surface area contributed by atoms with Gasteiger partial charge in [0.2, 0.25) is 0 Å². The molecule has 2 atom stereocenters. The van der Waals surface area contributed by atoms with Crippen molar-refractivity contribution in [3.8, 4) is 0 Å². The lowest BCUT2D eigenvalue weighted by molar-refractivity contribution is -0.131. The zero-order valence-corrected chi connectivity index (χ0v) is 13.3. The van der Waals surface area contributed by atoms with Gasteiger partial charge in [0.1, 0.15) is 0 Å². The molecular formula is C16H21ClN2O2. The molecule has 1 aromatic carbocycles. The van der Waals surface area contributed by atoms with E-state index in [0.717, 1.165) is 30.4 Å². The molecule has 0 aromatic heterocycles. The van der Waals surface area contributed by atoms with Gasteiger partial charge in [-0.15, -0.1) is 0 Å². The predicted octanol–water partition coefficient (Wildman–Crippen LogP) is 2.97. The molecule has 1 fully saturated rings. The Hall–Kier alpha value is -1.52. The van der Waals surface area contributed by atoms with Crippen LogP contribution in [-0.4, -0.2) is 48.2 Å². The van der Waals surface area contributed by atoms with E-state index >= 15 is 0 Å². The minimum absolute atomic E-state index is 0.469. The van der Waals surface area contributed by atoms with Crippen molar-refractivity contribution in [2.45, 2.75) is 25.9 Å². The molecule has 1 aliphatic rings. The summed E-state index contributed by atoms with van der Waals surface area (Å²) in [6.45, 7) is 6.29. The highest BCUT2D eigenvalue weighted by atomic mass is 35.5. The average Bonchev–Trinajstić information content (AvgIpc) is 2.42. The maximum Gasteiger partial charge on any atom is 0.328 e. The molecule has 0 bridgehead atoms. The van der Waals surface area contributed by atoms with E-state index in [1.807, 2.05) is 18.2 Å². The second-order valence-corrected chi connectivity index (χ2v) is 6.06. The van der Waals surface area contributed by atoms with Gasteiger partial charge >= 0.3 is 5.97 Å². The molecule has 0 amide bonds. The highest BCUT2D eigenvalue weighted by Gasteiger charge is 2.27. The van der Waals surface area contributed by atoms with E-state index in [2.05, 4.69) is 30.7 Å². The maximum atomic E-state index is 10.5. The second-order valence-electron chi connectivity index (χ2n) is 5.65. The summed E-state index contributed by atoms with van der Waals surface area (Å²) in [6, 6.07) is 6.61. The zero-order valence-electron chi connectivity index (χ0n) is 12.6. The number of nitrogens with zero attached hydrogens (tertiary/aromatic N) is 2. The Bertz CT molecular complexity index is 547. The van der Waals surface area contributed by atoms with Crippen LogP contribution in [0.2, 0.25) is 5.02 Å². The average molecular weight is 309 g/mol. The van der Waals surface area contributed by atoms with Crippen molar-refractivity contribution in [2.75, 3.05) is 25.0 Å². The molecule has 0 aliphatic carbocycles. The number of likely N-dealkylation sites (N-methyl/N-ethyl adjacent to an activating group) is 1. The number of piperazine rings is 1. The lowest BCUT2D eigenvalue weighted by Gasteiger charge is -2.43. The van der Waals surface area contributed by atoms with Gasteiger partial charge in [0.25, 0.3) is 0 Å². The van der Waals surface area contributed by atoms with Crippen molar-refractivity contribution < 1.29 is 9.90 Å². The Morgan fingerprint density at radius 1 is 1.33 bits per heavy atom. The lowest BCUT2D eigenvalue weighted by atomic mass is 10.1. The largest absolute Gasteiger partial charge is 0.478 e. The Morgan fingerprint density at radius 3 is 2.48 bits per heavy atom. The van der Waals surface area contributed by atoms with Crippen LogP contribution in [0.1, 0.15) is 19.4 Å². The van der Waals surface area contributed by atoms with Gasteiger partial charge in [-0.3, -0.25) is 4.90 Å². The third kappa shape index (κ3) is 3.77. The van der Waals surface area contributed by atoms with Crippen LogP contribution in [0.25, 0.3) is 6.08 Å². The highest BCUT2D eigenvalue weighted by molar-refractivity contribution is 6.33. The first-order chi connectivity index (χ1) is 9.88. The molecule has 1 aromatic rings. The summed E-state index contributed by atoms with van der Waals surface area (Å²) in [5.74, 6) is -0.961. The van der Waals surface area contributed by atoms with Crippen molar-refractivity contribution in [1.82, 2.24) is 4.90 Å². The summed E-state index contributed by atoms with van der Waals surface area (Å²) >= 11 is 6.37. The zero-order chi connectivity index (χ0) is 15.6. The van der Waals surface area contributed by atoms with Crippen LogP contribution in [0.4, 0.5) is 5.69 Å². The molecule has 5 heteroatoms. The van der Waals surface area contributed by atoms with Gasteiger partial charge in [-0.25, -0.2) is 4.79 Å². The SMILES string of the molecule is CC1CN(c2ccc(/C=C/C(=O)O)cc2Cl)CC(C)N1C. The Balaban J connectivity index is 2.19. The molecule has 21 heavy (non-hydrogen) atoms. The molecule has 1 N–H and O–H groups in total. The standard InChI is InChI=1S/C16H21ClN2O2/c1-11-9-19(10-12(2)18(11)3)15-6-4-13(8-14(15)17)5-7-16(20)21/h4-8,11-12H,9-10H2,1-3H3,(H,20,21)/b7-5+. The molecule has 4 nitrogen and oxygen atoms in total. The van der Waals surface area contributed by atoms with Gasteiger partial charge in [0.05, 0.1) is 10.7 Å². The van der Waals surface area contributed by atoms with E-state index in [9.17, 15) is 4.79 Å². The van der Waals surface area contributed by atoms with Gasteiger partial charge in [-0.1, -0.05) is 17.7 Å². The fraction of sp³-hybridized carbons (Fsp3) is 0.438. The number of carboxylic acid groups (broad SMARTS) is 1. The first-order valence-corrected chi connectivity index (χ1v) is 7.43. The summed E-state index contributed by atoms with van der Waals surface area (Å²) in [4.78, 5) is 15.2. The number of rotatable bonds is 3. The summed E-state index contributed by atoms with van der Waals surface area (Å²) in [5.41, 5.74) is 1.80. The monoisotopic (exact) mass is 308 g/mol. The third-order valence-electron chi connectivity index (χ3n) is 4.09. The van der Waals surface area contributed by atoms with E-state index < -0.39 is 5.97 Å². The molecule has 1 heterocycles. The fourth-order valence-electron chi connectivity index (χ4n) is 2.65. The number of hydrogen-bond donors (Lipinski definition) is 1. The molecule has 2 unspecified atom stereocenters. The number of anilines is 1. The molecule has 114 valence electrons. The van der Waals surface area contributed by atoms with Crippen molar-refractivity contribution >= 4 is 29.3 Å². The van der Waals surface area contributed by atoms with E-state index in [1.165, 1.54) is 0 Å². The maximum absolute atomic E-state index is 10.5. The summed E-state index contributed by atoms with van der Waals surface area (Å²) in [6.07, 6.45) is 2.67. The first-order valence-electron chi connectivity index (χ1n) is 7.06. The molecule has 1 saturated heterocycles. The predicted molar refractivity (Wildman–Crippen MR) is 87.0 cm³/mol. The summed E-state index contributed by atoms with van der Waals surface area (Å²) < 4.78 is 0. The molecule has 0 radical (unpaired) electrons. The van der Waals surface area contributed by atoms with Gasteiger partial charge in [0.15, 0.2) is 0 Å². The van der Waals surface area contributed by atoms with Crippen LogP contribution in [0.3, 0.4) is 0 Å². The van der Waals surface area contributed by atoms with Gasteiger partial charge in [-0.05, 0) is 44.7 Å². The van der Waals surface area contributed by atoms with Crippen LogP contribution in [0, 0.1) is 0 Å². The number of carbonyl (C=O) groups is 1. The van der Waals surface area contributed by atoms with Crippen LogP contribution < -0.4 is 4.90 Å². The number of hydrogen-bond acceptors (Lipinski definition) is 3. The Kier molecular flexibility index (Phi) is 4.91. The van der Waals surface area contributed by atoms with E-state index in [0.29, 0.717) is 17.1 Å². The molecular weight excluding hydrogens is 288 g/mol. The summed E-state index contributed by atoms with van der Waals surface area (Å²) in [7, 11) is 2.15. The topological polar surface area (TPSA) is 43.8 Å². The molecule has 2 rings (SSSR count). The van der Waals surface area contributed by atoms with Crippen molar-refractivity contribution in [3.63, 3.8) is 0 Å². The first kappa shape index (κ1) is 15.9. The van der Waals surface area contributed by atoms with Crippen LogP contribution >= 0.6 is 11.6 Å². The van der Waals surface area contributed by atoms with E-state index in [-0.39, 0.29) is 0 Å². The number of aliphatic carboxylic acids is 1. The van der Waals surface area contributed by atoms with Gasteiger partial charge in [-0.2, -0.15) is 0 Å². The quantitative estimate of drug-likeness (QED) is 0.872. The Morgan fingerprint density at radius 2 is 1.95 bits per heavy atom. The second kappa shape index (κ2) is 6.50. The number of halogens is 1. The fourth-order valence-corrected chi connectivity index (χ4v) is 2.96. The normalized spacial score (nSPS) is 23.7. The van der Waals surface area contributed by atoms with Crippen LogP contribution in [0.15, 0.2) is 24.3 Å². The number of benzene rings is 1. The third-order valence-corrected chi connectivity index (χ3v) is 4.39. The van der Waals surface area contributed by atoms with Crippen LogP contribution in [-0.2, 0) is 4.79 Å². The highest BCUT2D eigenvalue weighted by Crippen LogP contribution is 2.30. The van der Waals surface area contributed by atoms with Crippen molar-refractivity contribution in [1.29, 1.82) is 0 Å². The molecule has 0 saturated carbocycles. The van der Waals surface area contributed by atoms with Crippen molar-refractivity contribution in [3.05, 3.63) is 34.9 Å².